The second-order valence-electron chi connectivity index (χ2n) is 24.3. The van der Waals surface area contributed by atoms with Gasteiger partial charge in [0.05, 0.1) is 5.69 Å². The van der Waals surface area contributed by atoms with Crippen LogP contribution in [0.25, 0.3) is 55.0 Å². The van der Waals surface area contributed by atoms with Crippen molar-refractivity contribution in [3.05, 3.63) is 192 Å². The van der Waals surface area contributed by atoms with Crippen molar-refractivity contribution in [2.75, 3.05) is 9.80 Å². The monoisotopic (exact) mass is 926 g/mol. The van der Waals surface area contributed by atoms with E-state index in [-0.39, 0.29) is 28.5 Å². The van der Waals surface area contributed by atoms with Crippen LogP contribution in [0.4, 0.5) is 34.3 Å². The number of nitrogens with zero attached hydrogens (tertiary/aromatic N) is 3. The van der Waals surface area contributed by atoms with Gasteiger partial charge in [0.2, 0.25) is 5.88 Å². The van der Waals surface area contributed by atoms with Crippen LogP contribution in [0.5, 0.6) is 0 Å². The molecule has 0 amide bonds. The fourth-order valence-electron chi connectivity index (χ4n) is 11.4. The molecule has 2 aliphatic rings. The molecule has 4 nitrogen and oxygen atoms in total. The van der Waals surface area contributed by atoms with Gasteiger partial charge in [-0.25, -0.2) is 0 Å². The molecule has 2 aromatic heterocycles. The molecule has 5 heteroatoms. The first-order chi connectivity index (χ1) is 33.8. The van der Waals surface area contributed by atoms with E-state index in [9.17, 15) is 0 Å². The number of hydrogen-bond acceptors (Lipinski definition) is 3. The highest BCUT2D eigenvalue weighted by molar-refractivity contribution is 6.91. The number of rotatable bonds is 5. The van der Waals surface area contributed by atoms with Crippen molar-refractivity contribution >= 4 is 84.9 Å². The standard InChI is InChI=1S/C66H64BN3O/c1-63(2,3)43-29-26-41(27-30-43)42-28-35-57-52(36-42)60-62(71-57)69(49-33-31-44(32-34-49)64(4,5)6)56-40-46(66(10,11)12)37-50-51-38-45(65(7,8)9)39-53-58-54(24-19-25-55(58)70(61(51)53)67(60)59(50)56)68(47-20-15-13-16-21-47)48-22-17-14-18-23-48/h13-40H,1-12H3. The summed E-state index contributed by atoms with van der Waals surface area (Å²) in [5.74, 6) is 0.870. The molecular formula is C66H64BN3O. The minimum atomic E-state index is -0.209. The van der Waals surface area contributed by atoms with Crippen LogP contribution in [-0.4, -0.2) is 11.3 Å². The summed E-state index contributed by atoms with van der Waals surface area (Å²) >= 11 is 0. The molecule has 0 bridgehead atoms. The van der Waals surface area contributed by atoms with Gasteiger partial charge in [-0.1, -0.05) is 174 Å². The Morgan fingerprint density at radius 3 is 1.59 bits per heavy atom. The third kappa shape index (κ3) is 7.17. The molecular weight excluding hydrogens is 862 g/mol. The number of para-hydroxylation sites is 2. The van der Waals surface area contributed by atoms with Gasteiger partial charge in [0, 0.05) is 61.0 Å². The van der Waals surface area contributed by atoms with Gasteiger partial charge in [-0.3, -0.25) is 4.90 Å². The third-order valence-corrected chi connectivity index (χ3v) is 15.4. The molecule has 8 aromatic carbocycles. The van der Waals surface area contributed by atoms with E-state index in [0.29, 0.717) is 0 Å². The first-order valence-electron chi connectivity index (χ1n) is 25.5. The number of fused-ring (bicyclic) bond motifs is 9. The molecule has 0 atom stereocenters. The van der Waals surface area contributed by atoms with Crippen LogP contribution >= 0.6 is 0 Å². The lowest BCUT2D eigenvalue weighted by molar-refractivity contribution is 0.589. The molecule has 0 saturated carbocycles. The summed E-state index contributed by atoms with van der Waals surface area (Å²) in [6, 6.07) is 63.9. The maximum absolute atomic E-state index is 7.41. The fraction of sp³-hybridized carbons (Fsp3) is 0.242. The quantitative estimate of drug-likeness (QED) is 0.161. The summed E-state index contributed by atoms with van der Waals surface area (Å²) in [6.45, 7) is 27.6. The van der Waals surface area contributed by atoms with Crippen LogP contribution in [-0.2, 0) is 21.7 Å². The van der Waals surface area contributed by atoms with E-state index in [1.54, 1.807) is 0 Å². The van der Waals surface area contributed by atoms with Gasteiger partial charge in [0.25, 0.3) is 0 Å². The normalized spacial score (nSPS) is 13.6. The summed E-state index contributed by atoms with van der Waals surface area (Å²) in [7, 11) is 0. The molecule has 0 saturated heterocycles. The van der Waals surface area contributed by atoms with Crippen molar-refractivity contribution in [1.82, 2.24) is 4.48 Å². The van der Waals surface area contributed by atoms with Crippen molar-refractivity contribution in [3.8, 4) is 22.3 Å². The Kier molecular flexibility index (Phi) is 9.89. The molecule has 10 aromatic rings. The second kappa shape index (κ2) is 15.6. The maximum Gasteiger partial charge on any atom is 0.337 e. The SMILES string of the molecule is CC(C)(C)c1ccc(-c2ccc3oc4c(c3c2)B2c3c(cc(C(C)(C)C)cc3N4c3ccc(C(C)(C)C)cc3)-c3cc(C(C)(C)C)cc4c5c(N(c6ccccc6)c6ccccc6)cccc5n2c34)cc1. The van der Waals surface area contributed by atoms with Crippen LogP contribution in [0.3, 0.4) is 0 Å². The predicted octanol–water partition coefficient (Wildman–Crippen LogP) is 17.3. The topological polar surface area (TPSA) is 24.6 Å². The van der Waals surface area contributed by atoms with E-state index in [4.69, 9.17) is 4.42 Å². The zero-order valence-corrected chi connectivity index (χ0v) is 43.5. The van der Waals surface area contributed by atoms with Gasteiger partial charge in [-0.05, 0) is 145 Å². The number of anilines is 6. The minimum absolute atomic E-state index is 0.00757. The minimum Gasteiger partial charge on any atom is -0.440 e. The molecule has 4 heterocycles. The van der Waals surface area contributed by atoms with Gasteiger partial charge < -0.3 is 13.8 Å². The number of hydrogen-bond donors (Lipinski definition) is 0. The average molecular weight is 926 g/mol. The van der Waals surface area contributed by atoms with E-state index in [2.05, 4.69) is 267 Å². The highest BCUT2D eigenvalue weighted by Crippen LogP contribution is 2.52. The van der Waals surface area contributed by atoms with Gasteiger partial charge >= 0.3 is 6.85 Å². The lowest BCUT2D eigenvalue weighted by Gasteiger charge is -2.39. The first kappa shape index (κ1) is 44.9. The third-order valence-electron chi connectivity index (χ3n) is 15.4. The largest absolute Gasteiger partial charge is 0.440 e. The zero-order valence-electron chi connectivity index (χ0n) is 43.5. The van der Waals surface area contributed by atoms with Crippen molar-refractivity contribution in [3.63, 3.8) is 0 Å². The summed E-state index contributed by atoms with van der Waals surface area (Å²) < 4.78 is 10.1. The number of aromatic nitrogens is 1. The maximum atomic E-state index is 7.41. The molecule has 71 heavy (non-hydrogen) atoms. The summed E-state index contributed by atoms with van der Waals surface area (Å²) in [4.78, 5) is 4.90. The van der Waals surface area contributed by atoms with E-state index < -0.39 is 0 Å². The van der Waals surface area contributed by atoms with Crippen LogP contribution in [0.15, 0.2) is 174 Å². The predicted molar refractivity (Wildman–Crippen MR) is 305 cm³/mol. The van der Waals surface area contributed by atoms with Gasteiger partial charge in [0.15, 0.2) is 0 Å². The van der Waals surface area contributed by atoms with Crippen LogP contribution in [0, 0.1) is 0 Å². The molecule has 0 radical (unpaired) electrons. The Bertz CT molecular complexity index is 3680. The molecule has 0 fully saturated rings. The zero-order chi connectivity index (χ0) is 49.5. The van der Waals surface area contributed by atoms with Crippen molar-refractivity contribution in [1.29, 1.82) is 0 Å². The molecule has 0 unspecified atom stereocenters. The summed E-state index contributed by atoms with van der Waals surface area (Å²) in [6.07, 6.45) is 0. The Hall–Kier alpha value is -7.24. The van der Waals surface area contributed by atoms with Crippen molar-refractivity contribution < 1.29 is 4.42 Å². The van der Waals surface area contributed by atoms with Crippen molar-refractivity contribution in [2.45, 2.75) is 105 Å². The Morgan fingerprint density at radius 1 is 0.451 bits per heavy atom. The summed E-state index contributed by atoms with van der Waals surface area (Å²) in [5.41, 5.74) is 21.4. The van der Waals surface area contributed by atoms with Gasteiger partial charge in [-0.15, -0.1) is 0 Å². The Labute approximate surface area is 420 Å². The number of benzene rings is 8. The van der Waals surface area contributed by atoms with Gasteiger partial charge in [0.1, 0.15) is 5.58 Å². The molecule has 352 valence electrons. The first-order valence-corrected chi connectivity index (χ1v) is 25.5. The smallest absolute Gasteiger partial charge is 0.337 e. The average Bonchev–Trinajstić information content (AvgIpc) is 3.89. The lowest BCUT2D eigenvalue weighted by atomic mass is 9.45. The number of furan rings is 1. The Morgan fingerprint density at radius 2 is 1.00 bits per heavy atom. The molecule has 12 rings (SSSR count). The highest BCUT2D eigenvalue weighted by Gasteiger charge is 2.47. The second-order valence-corrected chi connectivity index (χ2v) is 24.3. The molecule has 0 spiro atoms. The molecule has 2 aliphatic heterocycles. The van der Waals surface area contributed by atoms with Crippen molar-refractivity contribution in [2.24, 2.45) is 0 Å². The summed E-state index contributed by atoms with van der Waals surface area (Å²) in [5, 5.41) is 3.63. The van der Waals surface area contributed by atoms with E-state index >= 15 is 0 Å². The van der Waals surface area contributed by atoms with Crippen LogP contribution in [0.2, 0.25) is 0 Å². The van der Waals surface area contributed by atoms with Crippen LogP contribution < -0.4 is 20.7 Å². The van der Waals surface area contributed by atoms with Crippen LogP contribution in [0.1, 0.15) is 105 Å². The highest BCUT2D eigenvalue weighted by atomic mass is 16.4. The van der Waals surface area contributed by atoms with E-state index in [1.807, 2.05) is 0 Å². The fourth-order valence-corrected chi connectivity index (χ4v) is 11.4. The Balaban J connectivity index is 1.23. The lowest BCUT2D eigenvalue weighted by Crippen LogP contribution is -2.56. The van der Waals surface area contributed by atoms with E-state index in [0.717, 1.165) is 39.6 Å². The molecule has 0 aliphatic carbocycles. The van der Waals surface area contributed by atoms with E-state index in [1.165, 1.54) is 82.9 Å². The van der Waals surface area contributed by atoms with Gasteiger partial charge in [-0.2, -0.15) is 0 Å². The molecule has 0 N–H and O–H groups in total.